The van der Waals surface area contributed by atoms with E-state index in [1.807, 2.05) is 18.2 Å². The highest BCUT2D eigenvalue weighted by molar-refractivity contribution is 8.14. The summed E-state index contributed by atoms with van der Waals surface area (Å²) in [5.41, 5.74) is 2.32. The van der Waals surface area contributed by atoms with Gasteiger partial charge >= 0.3 is 0 Å². The van der Waals surface area contributed by atoms with Crippen LogP contribution in [0.15, 0.2) is 70.4 Å². The number of hydrogen-bond acceptors (Lipinski definition) is 4. The average Bonchev–Trinajstić information content (AvgIpc) is 3.22. The van der Waals surface area contributed by atoms with Gasteiger partial charge in [-0.05, 0) is 24.1 Å². The lowest BCUT2D eigenvalue weighted by molar-refractivity contribution is 0.0975. The van der Waals surface area contributed by atoms with Gasteiger partial charge in [0.15, 0.2) is 10.9 Å². The van der Waals surface area contributed by atoms with Crippen LogP contribution in [0.5, 0.6) is 0 Å². The van der Waals surface area contributed by atoms with Crippen molar-refractivity contribution in [2.75, 3.05) is 18.8 Å². The molecule has 0 amide bonds. The summed E-state index contributed by atoms with van der Waals surface area (Å²) in [5, 5.41) is 0.867. The highest BCUT2D eigenvalue weighted by atomic mass is 32.2. The van der Waals surface area contributed by atoms with Crippen molar-refractivity contribution in [3.05, 3.63) is 72.3 Å². The van der Waals surface area contributed by atoms with Gasteiger partial charge in [0.05, 0.1) is 6.26 Å². The van der Waals surface area contributed by atoms with E-state index in [1.54, 1.807) is 23.9 Å². The Kier molecular flexibility index (Phi) is 4.98. The molecule has 0 radical (unpaired) electrons. The molecule has 0 N–H and O–H groups in total. The number of hydrogen-bond donors (Lipinski definition) is 0. The molecular weight excluding hydrogens is 308 g/mol. The third kappa shape index (κ3) is 3.93. The molecule has 0 spiro atoms. The average molecular weight is 326 g/mol. The largest absolute Gasteiger partial charge is 0.461 e. The number of aliphatic imine (C=N–C) groups is 1. The molecule has 118 valence electrons. The second-order valence-electron chi connectivity index (χ2n) is 5.24. The van der Waals surface area contributed by atoms with Crippen molar-refractivity contribution in [1.82, 2.24) is 4.90 Å². The summed E-state index contributed by atoms with van der Waals surface area (Å²) in [6.45, 7) is 5.02. The first-order valence-corrected chi connectivity index (χ1v) is 8.46. The van der Waals surface area contributed by atoms with Gasteiger partial charge in [-0.3, -0.25) is 9.79 Å². The maximum atomic E-state index is 12.0. The standard InChI is InChI=1S/C18H18N2O2S/c1-14-13-23-18(19-12-16(21)17-8-5-11-22-17)20(14)10-9-15-6-3-2-4-7-15/h2-8,11H,1,9-10,12-13H2. The van der Waals surface area contributed by atoms with Gasteiger partial charge in [0, 0.05) is 18.0 Å². The number of carbonyl (C=O) groups is 1. The number of rotatable bonds is 6. The SMILES string of the molecule is C=C1CSC(=NCC(=O)c2ccco2)N1CCc1ccccc1. The summed E-state index contributed by atoms with van der Waals surface area (Å²) >= 11 is 1.63. The first-order chi connectivity index (χ1) is 11.2. The van der Waals surface area contributed by atoms with Crippen molar-refractivity contribution in [2.24, 2.45) is 4.99 Å². The molecule has 1 fully saturated rings. The van der Waals surface area contributed by atoms with Crippen LogP contribution in [0, 0.1) is 0 Å². The summed E-state index contributed by atoms with van der Waals surface area (Å²) < 4.78 is 5.11. The first-order valence-electron chi connectivity index (χ1n) is 7.47. The van der Waals surface area contributed by atoms with Crippen LogP contribution in [0.25, 0.3) is 0 Å². The molecule has 4 nitrogen and oxygen atoms in total. The fourth-order valence-corrected chi connectivity index (χ4v) is 3.35. The predicted molar refractivity (Wildman–Crippen MR) is 93.8 cm³/mol. The molecule has 3 rings (SSSR count). The van der Waals surface area contributed by atoms with E-state index in [0.717, 1.165) is 29.6 Å². The number of thioether (sulfide) groups is 1. The van der Waals surface area contributed by atoms with Crippen LogP contribution in [0.4, 0.5) is 0 Å². The van der Waals surface area contributed by atoms with Crippen molar-refractivity contribution in [2.45, 2.75) is 6.42 Å². The summed E-state index contributed by atoms with van der Waals surface area (Å²) in [4.78, 5) is 18.5. The maximum Gasteiger partial charge on any atom is 0.219 e. The Morgan fingerprint density at radius 1 is 1.26 bits per heavy atom. The quantitative estimate of drug-likeness (QED) is 0.761. The van der Waals surface area contributed by atoms with E-state index >= 15 is 0 Å². The molecular formula is C18H18N2O2S. The van der Waals surface area contributed by atoms with Crippen LogP contribution >= 0.6 is 11.8 Å². The van der Waals surface area contributed by atoms with Crippen molar-refractivity contribution in [1.29, 1.82) is 0 Å². The minimum Gasteiger partial charge on any atom is -0.461 e. The van der Waals surface area contributed by atoms with E-state index in [1.165, 1.54) is 11.8 Å². The molecule has 0 saturated carbocycles. The van der Waals surface area contributed by atoms with Crippen LogP contribution in [-0.2, 0) is 6.42 Å². The summed E-state index contributed by atoms with van der Waals surface area (Å²) in [7, 11) is 0. The van der Waals surface area contributed by atoms with Gasteiger partial charge < -0.3 is 9.32 Å². The Labute approximate surface area is 139 Å². The van der Waals surface area contributed by atoms with Crippen molar-refractivity contribution in [3.8, 4) is 0 Å². The molecule has 1 aliphatic rings. The lowest BCUT2D eigenvalue weighted by Crippen LogP contribution is -2.25. The van der Waals surface area contributed by atoms with Gasteiger partial charge in [-0.25, -0.2) is 0 Å². The molecule has 0 unspecified atom stereocenters. The number of amidine groups is 1. The number of ketones is 1. The van der Waals surface area contributed by atoms with Crippen LogP contribution in [-0.4, -0.2) is 34.7 Å². The Morgan fingerprint density at radius 3 is 2.83 bits per heavy atom. The van der Waals surface area contributed by atoms with Crippen molar-refractivity contribution in [3.63, 3.8) is 0 Å². The van der Waals surface area contributed by atoms with Gasteiger partial charge in [-0.15, -0.1) is 0 Å². The van der Waals surface area contributed by atoms with E-state index in [2.05, 4.69) is 28.6 Å². The lowest BCUT2D eigenvalue weighted by Gasteiger charge is -2.19. The molecule has 0 bridgehead atoms. The number of nitrogens with zero attached hydrogens (tertiary/aromatic N) is 2. The van der Waals surface area contributed by atoms with Crippen LogP contribution in [0.3, 0.4) is 0 Å². The van der Waals surface area contributed by atoms with E-state index < -0.39 is 0 Å². The van der Waals surface area contributed by atoms with E-state index in [-0.39, 0.29) is 12.3 Å². The third-order valence-electron chi connectivity index (χ3n) is 3.60. The van der Waals surface area contributed by atoms with Crippen molar-refractivity contribution >= 4 is 22.7 Å². The second kappa shape index (κ2) is 7.33. The molecule has 0 atom stereocenters. The van der Waals surface area contributed by atoms with Gasteiger partial charge in [0.2, 0.25) is 5.78 Å². The summed E-state index contributed by atoms with van der Waals surface area (Å²) in [6.07, 6.45) is 2.42. The smallest absolute Gasteiger partial charge is 0.219 e. The fraction of sp³-hybridized carbons (Fsp3) is 0.222. The Balaban J connectivity index is 1.62. The molecule has 2 heterocycles. The van der Waals surface area contributed by atoms with Gasteiger partial charge in [0.1, 0.15) is 6.54 Å². The molecule has 1 aliphatic heterocycles. The molecule has 0 aliphatic carbocycles. The zero-order chi connectivity index (χ0) is 16.1. The Hall–Kier alpha value is -2.27. The minimum absolute atomic E-state index is 0.102. The molecule has 5 heteroatoms. The monoisotopic (exact) mass is 326 g/mol. The van der Waals surface area contributed by atoms with E-state index in [4.69, 9.17) is 4.42 Å². The Morgan fingerprint density at radius 2 is 2.09 bits per heavy atom. The predicted octanol–water partition coefficient (Wildman–Crippen LogP) is 3.62. The lowest BCUT2D eigenvalue weighted by atomic mass is 10.1. The van der Waals surface area contributed by atoms with Crippen molar-refractivity contribution < 1.29 is 9.21 Å². The first kappa shape index (κ1) is 15.6. The van der Waals surface area contributed by atoms with E-state index in [0.29, 0.717) is 5.76 Å². The van der Waals surface area contributed by atoms with E-state index in [9.17, 15) is 4.79 Å². The summed E-state index contributed by atoms with van der Waals surface area (Å²) in [6, 6.07) is 13.7. The third-order valence-corrected chi connectivity index (χ3v) is 4.69. The zero-order valence-electron chi connectivity index (χ0n) is 12.8. The van der Waals surface area contributed by atoms with Gasteiger partial charge in [-0.2, -0.15) is 0 Å². The molecule has 1 aromatic carbocycles. The van der Waals surface area contributed by atoms with Crippen LogP contribution < -0.4 is 0 Å². The van der Waals surface area contributed by atoms with Crippen LogP contribution in [0.1, 0.15) is 16.1 Å². The number of furan rings is 1. The number of carbonyl (C=O) groups excluding carboxylic acids is 1. The van der Waals surface area contributed by atoms with Gasteiger partial charge in [0.25, 0.3) is 0 Å². The normalized spacial score (nSPS) is 16.3. The fourth-order valence-electron chi connectivity index (χ4n) is 2.36. The van der Waals surface area contributed by atoms with Gasteiger partial charge in [-0.1, -0.05) is 48.7 Å². The number of Topliss-reactive ketones (excluding diaryl/α,β-unsaturated/α-hetero) is 1. The molecule has 23 heavy (non-hydrogen) atoms. The molecule has 1 aromatic heterocycles. The number of benzene rings is 1. The molecule has 2 aromatic rings. The molecule has 1 saturated heterocycles. The second-order valence-corrected chi connectivity index (χ2v) is 6.18. The van der Waals surface area contributed by atoms with Crippen LogP contribution in [0.2, 0.25) is 0 Å². The minimum atomic E-state index is -0.108. The topological polar surface area (TPSA) is 45.8 Å². The highest BCUT2D eigenvalue weighted by Gasteiger charge is 2.23. The zero-order valence-corrected chi connectivity index (χ0v) is 13.6. The summed E-state index contributed by atoms with van der Waals surface area (Å²) in [5.74, 6) is 1.07. The Bertz CT molecular complexity index is 708. The highest BCUT2D eigenvalue weighted by Crippen LogP contribution is 2.26. The maximum absolute atomic E-state index is 12.0.